The Labute approximate surface area is 163 Å². The highest BCUT2D eigenvalue weighted by Gasteiger charge is 2.04. The Hall–Kier alpha value is -2.50. The maximum Gasteiger partial charge on any atom is 0.190 e. The summed E-state index contributed by atoms with van der Waals surface area (Å²) in [5.41, 5.74) is 3.58. The number of nitrogens with one attached hydrogen (secondary N) is 2. The molecule has 0 bridgehead atoms. The van der Waals surface area contributed by atoms with E-state index in [1.54, 1.807) is 0 Å². The molecule has 0 fully saturated rings. The molecule has 2 rings (SSSR count). The molecular formula is C21H34N6. The maximum atomic E-state index is 4.50. The van der Waals surface area contributed by atoms with Crippen LogP contribution in [0, 0.1) is 13.8 Å². The largest absolute Gasteiger partial charge is 0.372 e. The number of nitrogens with zero attached hydrogens (tertiary/aromatic N) is 4. The summed E-state index contributed by atoms with van der Waals surface area (Å²) >= 11 is 0. The van der Waals surface area contributed by atoms with E-state index >= 15 is 0 Å². The summed E-state index contributed by atoms with van der Waals surface area (Å²) in [4.78, 5) is 6.70. The molecule has 27 heavy (non-hydrogen) atoms. The van der Waals surface area contributed by atoms with Gasteiger partial charge < -0.3 is 15.5 Å². The maximum absolute atomic E-state index is 4.50. The summed E-state index contributed by atoms with van der Waals surface area (Å²) in [5.74, 6) is 0.867. The highest BCUT2D eigenvalue weighted by atomic mass is 15.3. The number of guanidine groups is 1. The zero-order valence-corrected chi connectivity index (χ0v) is 17.2. The van der Waals surface area contributed by atoms with Crippen molar-refractivity contribution in [3.8, 4) is 0 Å². The molecule has 0 spiro atoms. The average molecular weight is 371 g/mol. The third-order valence-corrected chi connectivity index (χ3v) is 4.57. The fraction of sp³-hybridized carbons (Fsp3) is 0.524. The fourth-order valence-corrected chi connectivity index (χ4v) is 3.14. The van der Waals surface area contributed by atoms with Crippen molar-refractivity contribution in [1.29, 1.82) is 0 Å². The van der Waals surface area contributed by atoms with Crippen molar-refractivity contribution in [2.24, 2.45) is 4.99 Å². The minimum absolute atomic E-state index is 0.867. The Bertz CT molecular complexity index is 692. The zero-order valence-electron chi connectivity index (χ0n) is 17.2. The number of anilines is 1. The summed E-state index contributed by atoms with van der Waals surface area (Å²) in [6.45, 7) is 11.1. The Kier molecular flexibility index (Phi) is 8.68. The van der Waals surface area contributed by atoms with Gasteiger partial charge in [0.2, 0.25) is 0 Å². The number of para-hydroxylation sites is 1. The van der Waals surface area contributed by atoms with E-state index in [0.29, 0.717) is 0 Å². The van der Waals surface area contributed by atoms with Gasteiger partial charge in [-0.2, -0.15) is 5.10 Å². The van der Waals surface area contributed by atoms with Crippen LogP contribution in [0.5, 0.6) is 0 Å². The van der Waals surface area contributed by atoms with Crippen molar-refractivity contribution in [2.45, 2.75) is 40.2 Å². The van der Waals surface area contributed by atoms with Crippen molar-refractivity contribution in [3.63, 3.8) is 0 Å². The van der Waals surface area contributed by atoms with Crippen LogP contribution in [0.3, 0.4) is 0 Å². The van der Waals surface area contributed by atoms with Gasteiger partial charge in [0, 0.05) is 51.2 Å². The SMILES string of the molecule is CCN(CCCNC(=NC)NCCCn1nc(C)cc1C)c1ccccc1. The van der Waals surface area contributed by atoms with Gasteiger partial charge in [-0.3, -0.25) is 9.67 Å². The summed E-state index contributed by atoms with van der Waals surface area (Å²) in [7, 11) is 1.82. The number of hydrogen-bond donors (Lipinski definition) is 2. The van der Waals surface area contributed by atoms with Crippen LogP contribution in [-0.4, -0.2) is 49.0 Å². The van der Waals surface area contributed by atoms with E-state index in [4.69, 9.17) is 0 Å². The van der Waals surface area contributed by atoms with Gasteiger partial charge in [-0.25, -0.2) is 0 Å². The topological polar surface area (TPSA) is 57.5 Å². The van der Waals surface area contributed by atoms with E-state index in [-0.39, 0.29) is 0 Å². The number of aryl methyl sites for hydroxylation is 3. The zero-order chi connectivity index (χ0) is 19.5. The molecule has 6 heteroatoms. The van der Waals surface area contributed by atoms with Gasteiger partial charge in [-0.1, -0.05) is 18.2 Å². The van der Waals surface area contributed by atoms with Crippen LogP contribution in [0.4, 0.5) is 5.69 Å². The smallest absolute Gasteiger partial charge is 0.190 e. The molecule has 0 aliphatic heterocycles. The number of aromatic nitrogens is 2. The van der Waals surface area contributed by atoms with Crippen LogP contribution in [0.1, 0.15) is 31.2 Å². The highest BCUT2D eigenvalue weighted by molar-refractivity contribution is 5.79. The molecule has 0 saturated heterocycles. The summed E-state index contributed by atoms with van der Waals surface area (Å²) in [6, 6.07) is 12.7. The minimum Gasteiger partial charge on any atom is -0.372 e. The Morgan fingerprint density at radius 2 is 1.81 bits per heavy atom. The second-order valence-electron chi connectivity index (χ2n) is 6.70. The van der Waals surface area contributed by atoms with Gasteiger partial charge in [-0.05, 0) is 51.8 Å². The monoisotopic (exact) mass is 370 g/mol. The van der Waals surface area contributed by atoms with Crippen molar-refractivity contribution in [3.05, 3.63) is 47.8 Å². The van der Waals surface area contributed by atoms with Crippen LogP contribution in [-0.2, 0) is 6.54 Å². The van der Waals surface area contributed by atoms with Gasteiger partial charge in [-0.15, -0.1) is 0 Å². The number of hydrogen-bond acceptors (Lipinski definition) is 3. The first-order valence-electron chi connectivity index (χ1n) is 9.89. The standard InChI is InChI=1S/C21H34N6/c1-5-26(20-11-7-6-8-12-20)15-9-13-23-21(22-4)24-14-10-16-27-19(3)17-18(2)25-27/h6-8,11-12,17H,5,9-10,13-16H2,1-4H3,(H2,22,23,24). The molecule has 0 unspecified atom stereocenters. The van der Waals surface area contributed by atoms with Crippen molar-refractivity contribution in [1.82, 2.24) is 20.4 Å². The molecule has 2 aromatic rings. The molecule has 0 radical (unpaired) electrons. The van der Waals surface area contributed by atoms with Gasteiger partial charge in [0.1, 0.15) is 0 Å². The van der Waals surface area contributed by atoms with Gasteiger partial charge in [0.15, 0.2) is 5.96 Å². The van der Waals surface area contributed by atoms with Crippen LogP contribution in [0.2, 0.25) is 0 Å². The minimum atomic E-state index is 0.867. The highest BCUT2D eigenvalue weighted by Crippen LogP contribution is 2.12. The number of aliphatic imine (C=N–C) groups is 1. The van der Waals surface area contributed by atoms with Crippen molar-refractivity contribution >= 4 is 11.6 Å². The van der Waals surface area contributed by atoms with Gasteiger partial charge >= 0.3 is 0 Å². The quantitative estimate of drug-likeness (QED) is 0.383. The molecule has 6 nitrogen and oxygen atoms in total. The van der Waals surface area contributed by atoms with Crippen molar-refractivity contribution < 1.29 is 0 Å². The molecule has 0 aliphatic rings. The number of benzene rings is 1. The molecule has 148 valence electrons. The van der Waals surface area contributed by atoms with E-state index in [1.165, 1.54) is 11.4 Å². The average Bonchev–Trinajstić information content (AvgIpc) is 3.01. The molecule has 0 amide bonds. The second-order valence-corrected chi connectivity index (χ2v) is 6.70. The summed E-state index contributed by atoms with van der Waals surface area (Å²) < 4.78 is 2.07. The fourth-order valence-electron chi connectivity index (χ4n) is 3.14. The van der Waals surface area contributed by atoms with Gasteiger partial charge in [0.25, 0.3) is 0 Å². The third-order valence-electron chi connectivity index (χ3n) is 4.57. The van der Waals surface area contributed by atoms with E-state index in [1.807, 2.05) is 14.0 Å². The first kappa shape index (κ1) is 20.8. The molecule has 0 aliphatic carbocycles. The lowest BCUT2D eigenvalue weighted by Gasteiger charge is -2.23. The molecule has 1 aromatic carbocycles. The predicted octanol–water partition coefficient (Wildman–Crippen LogP) is 2.97. The van der Waals surface area contributed by atoms with E-state index in [2.05, 4.69) is 80.6 Å². The van der Waals surface area contributed by atoms with Crippen LogP contribution >= 0.6 is 0 Å². The molecular weight excluding hydrogens is 336 g/mol. The van der Waals surface area contributed by atoms with Crippen LogP contribution < -0.4 is 15.5 Å². The predicted molar refractivity (Wildman–Crippen MR) is 115 cm³/mol. The van der Waals surface area contributed by atoms with E-state index in [0.717, 1.165) is 57.2 Å². The molecule has 2 N–H and O–H groups in total. The second kappa shape index (κ2) is 11.3. The Morgan fingerprint density at radius 1 is 1.11 bits per heavy atom. The first-order chi connectivity index (χ1) is 13.1. The first-order valence-corrected chi connectivity index (χ1v) is 9.89. The Balaban J connectivity index is 1.63. The normalized spacial score (nSPS) is 11.5. The lowest BCUT2D eigenvalue weighted by molar-refractivity contribution is 0.555. The van der Waals surface area contributed by atoms with Gasteiger partial charge in [0.05, 0.1) is 5.69 Å². The third kappa shape index (κ3) is 6.96. The molecule has 1 aromatic heterocycles. The molecule has 0 saturated carbocycles. The number of rotatable bonds is 10. The summed E-state index contributed by atoms with van der Waals surface area (Å²) in [6.07, 6.45) is 2.08. The lowest BCUT2D eigenvalue weighted by Crippen LogP contribution is -2.39. The summed E-state index contributed by atoms with van der Waals surface area (Å²) in [5, 5.41) is 11.3. The van der Waals surface area contributed by atoms with E-state index < -0.39 is 0 Å². The van der Waals surface area contributed by atoms with Crippen LogP contribution in [0.25, 0.3) is 0 Å². The van der Waals surface area contributed by atoms with Crippen molar-refractivity contribution in [2.75, 3.05) is 38.1 Å². The van der Waals surface area contributed by atoms with E-state index in [9.17, 15) is 0 Å². The molecule has 1 heterocycles. The Morgan fingerprint density at radius 3 is 2.41 bits per heavy atom. The van der Waals surface area contributed by atoms with Crippen LogP contribution in [0.15, 0.2) is 41.4 Å². The molecule has 0 atom stereocenters. The lowest BCUT2D eigenvalue weighted by atomic mass is 10.2.